The molecule has 114 valence electrons. The van der Waals surface area contributed by atoms with E-state index in [2.05, 4.69) is 17.6 Å². The van der Waals surface area contributed by atoms with Gasteiger partial charge in [-0.15, -0.1) is 0 Å². The number of hydrogen-bond acceptors (Lipinski definition) is 2. The third-order valence-electron chi connectivity index (χ3n) is 3.35. The first-order valence-electron chi connectivity index (χ1n) is 7.32. The maximum absolute atomic E-state index is 12.2. The van der Waals surface area contributed by atoms with Crippen LogP contribution in [0.2, 0.25) is 0 Å². The predicted molar refractivity (Wildman–Crippen MR) is 87.7 cm³/mol. The van der Waals surface area contributed by atoms with Gasteiger partial charge >= 0.3 is 0 Å². The van der Waals surface area contributed by atoms with E-state index >= 15 is 0 Å². The molecule has 0 aromatic heterocycles. The molecule has 0 saturated carbocycles. The molecule has 0 bridgehead atoms. The van der Waals surface area contributed by atoms with Crippen LogP contribution in [0.5, 0.6) is 0 Å². The van der Waals surface area contributed by atoms with Crippen molar-refractivity contribution >= 4 is 17.5 Å². The second-order valence-electron chi connectivity index (χ2n) is 5.11. The molecule has 2 amide bonds. The fraction of sp³-hybridized carbons (Fsp3) is 0.222. The SMILES string of the molecule is CCc1cccc(NC(=O)c2ccc(CNC(C)=O)cc2)c1. The molecule has 0 saturated heterocycles. The van der Waals surface area contributed by atoms with Crippen LogP contribution in [-0.2, 0) is 17.8 Å². The molecule has 0 heterocycles. The van der Waals surface area contributed by atoms with E-state index in [-0.39, 0.29) is 11.8 Å². The van der Waals surface area contributed by atoms with Gasteiger partial charge in [0, 0.05) is 24.7 Å². The molecule has 0 aliphatic carbocycles. The van der Waals surface area contributed by atoms with E-state index < -0.39 is 0 Å². The molecule has 0 aliphatic rings. The van der Waals surface area contributed by atoms with Crippen LogP contribution in [0, 0.1) is 0 Å². The number of carbonyl (C=O) groups excluding carboxylic acids is 2. The van der Waals surface area contributed by atoms with Crippen molar-refractivity contribution in [2.45, 2.75) is 26.8 Å². The van der Waals surface area contributed by atoms with E-state index in [4.69, 9.17) is 0 Å². The summed E-state index contributed by atoms with van der Waals surface area (Å²) < 4.78 is 0. The van der Waals surface area contributed by atoms with Gasteiger partial charge in [-0.2, -0.15) is 0 Å². The second kappa shape index (κ2) is 7.41. The van der Waals surface area contributed by atoms with Crippen molar-refractivity contribution in [2.75, 3.05) is 5.32 Å². The van der Waals surface area contributed by atoms with Gasteiger partial charge in [-0.1, -0.05) is 31.2 Å². The highest BCUT2D eigenvalue weighted by Crippen LogP contribution is 2.13. The van der Waals surface area contributed by atoms with Crippen molar-refractivity contribution in [3.63, 3.8) is 0 Å². The lowest BCUT2D eigenvalue weighted by Crippen LogP contribution is -2.19. The third-order valence-corrected chi connectivity index (χ3v) is 3.35. The minimum absolute atomic E-state index is 0.0716. The lowest BCUT2D eigenvalue weighted by Gasteiger charge is -2.08. The molecule has 0 unspecified atom stereocenters. The van der Waals surface area contributed by atoms with Gasteiger partial charge in [0.2, 0.25) is 5.91 Å². The molecule has 4 nitrogen and oxygen atoms in total. The summed E-state index contributed by atoms with van der Waals surface area (Å²) in [5.41, 5.74) is 3.53. The molecule has 2 aromatic rings. The van der Waals surface area contributed by atoms with E-state index in [1.54, 1.807) is 12.1 Å². The lowest BCUT2D eigenvalue weighted by molar-refractivity contribution is -0.119. The summed E-state index contributed by atoms with van der Waals surface area (Å²) in [6, 6.07) is 15.0. The Morgan fingerprint density at radius 2 is 1.73 bits per heavy atom. The molecule has 0 aliphatic heterocycles. The Hall–Kier alpha value is -2.62. The second-order valence-corrected chi connectivity index (χ2v) is 5.11. The molecule has 2 rings (SSSR count). The number of nitrogens with one attached hydrogen (secondary N) is 2. The van der Waals surface area contributed by atoms with Crippen molar-refractivity contribution < 1.29 is 9.59 Å². The van der Waals surface area contributed by atoms with Crippen molar-refractivity contribution in [3.05, 3.63) is 65.2 Å². The minimum Gasteiger partial charge on any atom is -0.352 e. The lowest BCUT2D eigenvalue weighted by atomic mass is 10.1. The van der Waals surface area contributed by atoms with Crippen molar-refractivity contribution in [1.29, 1.82) is 0 Å². The summed E-state index contributed by atoms with van der Waals surface area (Å²) in [5.74, 6) is -0.211. The first-order valence-corrected chi connectivity index (χ1v) is 7.32. The highest BCUT2D eigenvalue weighted by atomic mass is 16.2. The summed E-state index contributed by atoms with van der Waals surface area (Å²) in [6.07, 6.45) is 0.932. The third kappa shape index (κ3) is 4.45. The Labute approximate surface area is 130 Å². The smallest absolute Gasteiger partial charge is 0.255 e. The minimum atomic E-state index is -0.140. The summed E-state index contributed by atoms with van der Waals surface area (Å²) in [6.45, 7) is 4.02. The maximum atomic E-state index is 12.2. The van der Waals surface area contributed by atoms with Crippen molar-refractivity contribution in [3.8, 4) is 0 Å². The Morgan fingerprint density at radius 3 is 2.36 bits per heavy atom. The average Bonchev–Trinajstić information content (AvgIpc) is 2.53. The van der Waals surface area contributed by atoms with E-state index in [9.17, 15) is 9.59 Å². The monoisotopic (exact) mass is 296 g/mol. The summed E-state index contributed by atoms with van der Waals surface area (Å²) >= 11 is 0. The Kier molecular flexibility index (Phi) is 5.31. The number of carbonyl (C=O) groups is 2. The van der Waals surface area contributed by atoms with Gasteiger partial charge in [0.25, 0.3) is 5.91 Å². The first kappa shape index (κ1) is 15.8. The Morgan fingerprint density at radius 1 is 1.00 bits per heavy atom. The van der Waals surface area contributed by atoms with Crippen LogP contribution in [0.25, 0.3) is 0 Å². The van der Waals surface area contributed by atoms with Crippen LogP contribution < -0.4 is 10.6 Å². The highest BCUT2D eigenvalue weighted by Gasteiger charge is 2.06. The van der Waals surface area contributed by atoms with Crippen LogP contribution >= 0.6 is 0 Å². The quantitative estimate of drug-likeness (QED) is 0.890. The average molecular weight is 296 g/mol. The molecule has 0 fully saturated rings. The van der Waals surface area contributed by atoms with Crippen molar-refractivity contribution in [2.24, 2.45) is 0 Å². The molecule has 22 heavy (non-hydrogen) atoms. The van der Waals surface area contributed by atoms with Crippen LogP contribution in [0.3, 0.4) is 0 Å². The zero-order chi connectivity index (χ0) is 15.9. The number of benzene rings is 2. The van der Waals surface area contributed by atoms with Gasteiger partial charge in [-0.3, -0.25) is 9.59 Å². The highest BCUT2D eigenvalue weighted by molar-refractivity contribution is 6.04. The number of anilines is 1. The van der Waals surface area contributed by atoms with Crippen molar-refractivity contribution in [1.82, 2.24) is 5.32 Å². The molecule has 0 spiro atoms. The van der Waals surface area contributed by atoms with E-state index in [0.717, 1.165) is 17.7 Å². The molecular formula is C18H20N2O2. The number of amides is 2. The fourth-order valence-corrected chi connectivity index (χ4v) is 2.07. The number of rotatable bonds is 5. The van der Waals surface area contributed by atoms with E-state index in [0.29, 0.717) is 12.1 Å². The fourth-order valence-electron chi connectivity index (χ4n) is 2.07. The van der Waals surface area contributed by atoms with Crippen LogP contribution in [0.1, 0.15) is 35.3 Å². The van der Waals surface area contributed by atoms with Gasteiger partial charge < -0.3 is 10.6 Å². The molecule has 0 radical (unpaired) electrons. The maximum Gasteiger partial charge on any atom is 0.255 e. The molecular weight excluding hydrogens is 276 g/mol. The van der Waals surface area contributed by atoms with Crippen LogP contribution in [-0.4, -0.2) is 11.8 Å². The zero-order valence-corrected chi connectivity index (χ0v) is 12.8. The summed E-state index contributed by atoms with van der Waals surface area (Å²) in [5, 5.41) is 5.62. The predicted octanol–water partition coefficient (Wildman–Crippen LogP) is 3.14. The topological polar surface area (TPSA) is 58.2 Å². The Balaban J connectivity index is 2.01. The standard InChI is InChI=1S/C18H20N2O2/c1-3-14-5-4-6-17(11-14)20-18(22)16-9-7-15(8-10-16)12-19-13(2)21/h4-11H,3,12H2,1-2H3,(H,19,21)(H,20,22). The van der Waals surface area contributed by atoms with Gasteiger partial charge in [-0.05, 0) is 41.8 Å². The van der Waals surface area contributed by atoms with E-state index in [1.165, 1.54) is 12.5 Å². The van der Waals surface area contributed by atoms with Crippen LogP contribution in [0.4, 0.5) is 5.69 Å². The summed E-state index contributed by atoms with van der Waals surface area (Å²) in [4.78, 5) is 23.1. The largest absolute Gasteiger partial charge is 0.352 e. The molecule has 2 N–H and O–H groups in total. The molecule has 4 heteroatoms. The van der Waals surface area contributed by atoms with Crippen LogP contribution in [0.15, 0.2) is 48.5 Å². The number of aryl methyl sites for hydroxylation is 1. The summed E-state index contributed by atoms with van der Waals surface area (Å²) in [7, 11) is 0. The van der Waals surface area contributed by atoms with E-state index in [1.807, 2.05) is 36.4 Å². The van der Waals surface area contributed by atoms with Gasteiger partial charge in [0.05, 0.1) is 0 Å². The zero-order valence-electron chi connectivity index (χ0n) is 12.8. The normalized spacial score (nSPS) is 10.1. The Bertz CT molecular complexity index is 663. The molecule has 2 aromatic carbocycles. The molecule has 0 atom stereocenters. The van der Waals surface area contributed by atoms with Gasteiger partial charge in [-0.25, -0.2) is 0 Å². The first-order chi connectivity index (χ1) is 10.6. The van der Waals surface area contributed by atoms with Gasteiger partial charge in [0.15, 0.2) is 0 Å². The van der Waals surface area contributed by atoms with Gasteiger partial charge in [0.1, 0.15) is 0 Å². The number of hydrogen-bond donors (Lipinski definition) is 2.